The van der Waals surface area contributed by atoms with Crippen molar-refractivity contribution in [2.75, 3.05) is 13.1 Å². The monoisotopic (exact) mass is 288 g/mol. The van der Waals surface area contributed by atoms with Gasteiger partial charge in [-0.3, -0.25) is 0 Å². The first-order valence-corrected chi connectivity index (χ1v) is 7.74. The van der Waals surface area contributed by atoms with Crippen LogP contribution in [-0.4, -0.2) is 37.9 Å². The Morgan fingerprint density at radius 2 is 1.78 bits per heavy atom. The van der Waals surface area contributed by atoms with Crippen LogP contribution >= 0.6 is 11.6 Å². The van der Waals surface area contributed by atoms with E-state index in [0.717, 1.165) is 0 Å². The van der Waals surface area contributed by atoms with Crippen LogP contribution in [0.1, 0.15) is 13.8 Å². The smallest absolute Gasteiger partial charge is 0.244 e. The molecule has 2 rings (SSSR count). The molecular weight excluding hydrogens is 272 g/mol. The van der Waals surface area contributed by atoms with Crippen LogP contribution in [0.4, 0.5) is 0 Å². The Labute approximate surface area is 113 Å². The number of hydrogen-bond donors (Lipinski definition) is 1. The van der Waals surface area contributed by atoms with Gasteiger partial charge in [0.25, 0.3) is 0 Å². The van der Waals surface area contributed by atoms with E-state index in [1.807, 2.05) is 13.8 Å². The van der Waals surface area contributed by atoms with Gasteiger partial charge < -0.3 is 5.32 Å². The molecule has 1 aliphatic heterocycles. The maximum absolute atomic E-state index is 12.5. The summed E-state index contributed by atoms with van der Waals surface area (Å²) in [5, 5.41) is 3.58. The maximum atomic E-state index is 12.5. The van der Waals surface area contributed by atoms with E-state index in [1.54, 1.807) is 24.3 Å². The van der Waals surface area contributed by atoms with Crippen molar-refractivity contribution in [2.24, 2.45) is 0 Å². The number of sulfonamides is 1. The number of nitrogens with one attached hydrogen (secondary N) is 1. The van der Waals surface area contributed by atoms with E-state index < -0.39 is 10.0 Å². The van der Waals surface area contributed by atoms with Gasteiger partial charge in [0.15, 0.2) is 0 Å². The third-order valence-electron chi connectivity index (χ3n) is 2.98. The summed E-state index contributed by atoms with van der Waals surface area (Å²) in [6.07, 6.45) is 0. The van der Waals surface area contributed by atoms with E-state index in [1.165, 1.54) is 4.31 Å². The van der Waals surface area contributed by atoms with Crippen LogP contribution in [0.15, 0.2) is 29.2 Å². The van der Waals surface area contributed by atoms with Gasteiger partial charge in [-0.15, -0.1) is 0 Å². The van der Waals surface area contributed by atoms with Crippen molar-refractivity contribution in [2.45, 2.75) is 30.8 Å². The Bertz CT molecular complexity index is 523. The molecule has 1 saturated heterocycles. The zero-order valence-electron chi connectivity index (χ0n) is 10.4. The third-order valence-corrected chi connectivity index (χ3v) is 5.31. The fourth-order valence-electron chi connectivity index (χ4n) is 2.27. The van der Waals surface area contributed by atoms with Gasteiger partial charge in [-0.1, -0.05) is 23.7 Å². The van der Waals surface area contributed by atoms with E-state index in [2.05, 4.69) is 5.32 Å². The number of nitrogens with zero attached hydrogens (tertiary/aromatic N) is 1. The Morgan fingerprint density at radius 3 is 2.33 bits per heavy atom. The summed E-state index contributed by atoms with van der Waals surface area (Å²) >= 11 is 5.98. The highest BCUT2D eigenvalue weighted by molar-refractivity contribution is 7.89. The number of piperazine rings is 1. The first-order chi connectivity index (χ1) is 8.41. The lowest BCUT2D eigenvalue weighted by atomic mass is 10.2. The summed E-state index contributed by atoms with van der Waals surface area (Å²) in [5.74, 6) is 0. The summed E-state index contributed by atoms with van der Waals surface area (Å²) in [7, 11) is -3.50. The van der Waals surface area contributed by atoms with E-state index >= 15 is 0 Å². The Morgan fingerprint density at radius 1 is 1.22 bits per heavy atom. The minimum Gasteiger partial charge on any atom is -0.309 e. The molecule has 2 atom stereocenters. The minimum atomic E-state index is -3.50. The Kier molecular flexibility index (Phi) is 3.96. The molecule has 1 aromatic carbocycles. The van der Waals surface area contributed by atoms with Crippen molar-refractivity contribution < 1.29 is 8.42 Å². The van der Waals surface area contributed by atoms with Crippen LogP contribution < -0.4 is 5.32 Å². The molecule has 0 radical (unpaired) electrons. The predicted octanol–water partition coefficient (Wildman–Crippen LogP) is 1.71. The van der Waals surface area contributed by atoms with Crippen molar-refractivity contribution in [1.29, 1.82) is 0 Å². The predicted molar refractivity (Wildman–Crippen MR) is 72.3 cm³/mol. The minimum absolute atomic E-state index is 0.144. The number of halogens is 1. The fraction of sp³-hybridized carbons (Fsp3) is 0.500. The van der Waals surface area contributed by atoms with Crippen LogP contribution in [0, 0.1) is 0 Å². The quantitative estimate of drug-likeness (QED) is 0.901. The van der Waals surface area contributed by atoms with Gasteiger partial charge in [0.1, 0.15) is 4.90 Å². The topological polar surface area (TPSA) is 49.4 Å². The van der Waals surface area contributed by atoms with Gasteiger partial charge in [0.2, 0.25) is 10.0 Å². The summed E-state index contributed by atoms with van der Waals surface area (Å²) < 4.78 is 26.5. The molecule has 0 amide bonds. The van der Waals surface area contributed by atoms with Crippen molar-refractivity contribution in [3.8, 4) is 0 Å². The molecule has 100 valence electrons. The SMILES string of the molecule is C[C@H]1CN(S(=O)(=O)c2ccccc2Cl)C[C@H](C)N1. The maximum Gasteiger partial charge on any atom is 0.244 e. The average molecular weight is 289 g/mol. The molecule has 1 fully saturated rings. The Hall–Kier alpha value is -0.620. The molecule has 4 nitrogen and oxygen atoms in total. The van der Waals surface area contributed by atoms with E-state index in [4.69, 9.17) is 11.6 Å². The first kappa shape index (κ1) is 13.8. The highest BCUT2D eigenvalue weighted by Gasteiger charge is 2.32. The van der Waals surface area contributed by atoms with Gasteiger partial charge >= 0.3 is 0 Å². The molecular formula is C12H17ClN2O2S. The normalized spacial score (nSPS) is 26.2. The molecule has 1 aliphatic rings. The summed E-state index contributed by atoms with van der Waals surface area (Å²) in [6, 6.07) is 6.86. The molecule has 0 aliphatic carbocycles. The van der Waals surface area contributed by atoms with E-state index in [0.29, 0.717) is 13.1 Å². The molecule has 1 aromatic rings. The molecule has 0 saturated carbocycles. The molecule has 6 heteroatoms. The zero-order chi connectivity index (χ0) is 13.3. The lowest BCUT2D eigenvalue weighted by molar-refractivity contribution is 0.263. The molecule has 1 heterocycles. The third kappa shape index (κ3) is 2.69. The summed E-state index contributed by atoms with van der Waals surface area (Å²) in [6.45, 7) is 4.89. The standard InChI is InChI=1S/C12H17ClN2O2S/c1-9-7-15(8-10(2)14-9)18(16,17)12-6-4-3-5-11(12)13/h3-6,9-10,14H,7-8H2,1-2H3/t9-,10-/m0/s1. The number of rotatable bonds is 2. The van der Waals surface area contributed by atoms with Gasteiger partial charge in [0.05, 0.1) is 5.02 Å². The molecule has 0 aromatic heterocycles. The summed E-state index contributed by atoms with van der Waals surface area (Å²) in [5.41, 5.74) is 0. The van der Waals surface area contributed by atoms with Crippen molar-refractivity contribution >= 4 is 21.6 Å². The van der Waals surface area contributed by atoms with Crippen LogP contribution in [0.3, 0.4) is 0 Å². The fourth-order valence-corrected chi connectivity index (χ4v) is 4.38. The molecule has 0 bridgehead atoms. The van der Waals surface area contributed by atoms with Crippen LogP contribution in [0.25, 0.3) is 0 Å². The van der Waals surface area contributed by atoms with Gasteiger partial charge in [-0.05, 0) is 26.0 Å². The highest BCUT2D eigenvalue weighted by Crippen LogP contribution is 2.25. The van der Waals surface area contributed by atoms with Crippen molar-refractivity contribution in [3.05, 3.63) is 29.3 Å². The average Bonchev–Trinajstić information content (AvgIpc) is 2.28. The van der Waals surface area contributed by atoms with Gasteiger partial charge in [0, 0.05) is 25.2 Å². The number of benzene rings is 1. The second-order valence-electron chi connectivity index (χ2n) is 4.72. The van der Waals surface area contributed by atoms with Gasteiger partial charge in [-0.2, -0.15) is 4.31 Å². The van der Waals surface area contributed by atoms with Crippen LogP contribution in [-0.2, 0) is 10.0 Å². The van der Waals surface area contributed by atoms with Crippen molar-refractivity contribution in [3.63, 3.8) is 0 Å². The van der Waals surface area contributed by atoms with Gasteiger partial charge in [-0.25, -0.2) is 8.42 Å². The largest absolute Gasteiger partial charge is 0.309 e. The lowest BCUT2D eigenvalue weighted by Gasteiger charge is -2.35. The lowest BCUT2D eigenvalue weighted by Crippen LogP contribution is -2.55. The van der Waals surface area contributed by atoms with E-state index in [9.17, 15) is 8.42 Å². The second-order valence-corrected chi connectivity index (χ2v) is 7.03. The number of hydrogen-bond acceptors (Lipinski definition) is 3. The molecule has 18 heavy (non-hydrogen) atoms. The van der Waals surface area contributed by atoms with Crippen LogP contribution in [0.2, 0.25) is 5.02 Å². The van der Waals surface area contributed by atoms with Crippen molar-refractivity contribution in [1.82, 2.24) is 9.62 Å². The highest BCUT2D eigenvalue weighted by atomic mass is 35.5. The Balaban J connectivity index is 2.34. The zero-order valence-corrected chi connectivity index (χ0v) is 12.0. The van der Waals surface area contributed by atoms with Crippen LogP contribution in [0.5, 0.6) is 0 Å². The molecule has 0 spiro atoms. The second kappa shape index (κ2) is 5.17. The molecule has 1 N–H and O–H groups in total. The molecule has 0 unspecified atom stereocenters. The first-order valence-electron chi connectivity index (χ1n) is 5.92. The summed E-state index contributed by atoms with van der Waals surface area (Å²) in [4.78, 5) is 0.188. The van der Waals surface area contributed by atoms with E-state index in [-0.39, 0.29) is 22.0 Å².